The van der Waals surface area contributed by atoms with Crippen molar-refractivity contribution >= 4 is 25.1 Å². The molecule has 1 aliphatic heterocycles. The lowest BCUT2D eigenvalue weighted by Crippen LogP contribution is -2.46. The molecule has 0 aliphatic carbocycles. The largest absolute Gasteiger partial charge is 0.471 e. The standard InChI is InChI=1S/C14H19BN2O3/c1-8-7-17(13(18)20-14(3,4)5)11-9(2)10(15)6-16-12(11)19-8/h6,8H,7H2,1-5H3. The zero-order chi connectivity index (χ0) is 15.1. The van der Waals surface area contributed by atoms with Gasteiger partial charge in [-0.1, -0.05) is 5.46 Å². The Kier molecular flexibility index (Phi) is 3.67. The van der Waals surface area contributed by atoms with Crippen molar-refractivity contribution in [1.29, 1.82) is 0 Å². The number of carbonyl (C=O) groups is 1. The Labute approximate surface area is 120 Å². The molecule has 0 bridgehead atoms. The van der Waals surface area contributed by atoms with Crippen LogP contribution in [0.3, 0.4) is 0 Å². The zero-order valence-electron chi connectivity index (χ0n) is 12.6. The van der Waals surface area contributed by atoms with E-state index in [0.717, 1.165) is 5.56 Å². The van der Waals surface area contributed by atoms with Crippen molar-refractivity contribution in [1.82, 2.24) is 4.98 Å². The van der Waals surface area contributed by atoms with Crippen LogP contribution >= 0.6 is 0 Å². The molecule has 5 nitrogen and oxygen atoms in total. The Morgan fingerprint density at radius 3 is 2.80 bits per heavy atom. The highest BCUT2D eigenvalue weighted by Gasteiger charge is 2.33. The Morgan fingerprint density at radius 1 is 1.55 bits per heavy atom. The summed E-state index contributed by atoms with van der Waals surface area (Å²) in [5, 5.41) is 0. The van der Waals surface area contributed by atoms with Gasteiger partial charge in [-0.05, 0) is 40.2 Å². The minimum absolute atomic E-state index is 0.148. The predicted molar refractivity (Wildman–Crippen MR) is 78.0 cm³/mol. The van der Waals surface area contributed by atoms with Gasteiger partial charge in [0.2, 0.25) is 5.88 Å². The van der Waals surface area contributed by atoms with Crippen LogP contribution in [-0.4, -0.2) is 37.2 Å². The van der Waals surface area contributed by atoms with E-state index in [9.17, 15) is 4.79 Å². The topological polar surface area (TPSA) is 51.7 Å². The highest BCUT2D eigenvalue weighted by Crippen LogP contribution is 2.34. The van der Waals surface area contributed by atoms with Gasteiger partial charge in [0.15, 0.2) is 0 Å². The third kappa shape index (κ3) is 2.89. The van der Waals surface area contributed by atoms with Crippen LogP contribution < -0.4 is 15.1 Å². The number of carbonyl (C=O) groups excluding carboxylic acids is 1. The summed E-state index contributed by atoms with van der Waals surface area (Å²) < 4.78 is 11.1. The highest BCUT2D eigenvalue weighted by molar-refractivity contribution is 6.33. The van der Waals surface area contributed by atoms with Crippen LogP contribution in [0, 0.1) is 6.92 Å². The normalized spacial score (nSPS) is 18.2. The van der Waals surface area contributed by atoms with Gasteiger partial charge in [0.25, 0.3) is 0 Å². The molecule has 1 atom stereocenters. The third-order valence-electron chi connectivity index (χ3n) is 2.95. The molecule has 0 spiro atoms. The van der Waals surface area contributed by atoms with E-state index < -0.39 is 11.7 Å². The average molecular weight is 274 g/mol. The van der Waals surface area contributed by atoms with Crippen molar-refractivity contribution in [3.63, 3.8) is 0 Å². The van der Waals surface area contributed by atoms with Gasteiger partial charge in [-0.25, -0.2) is 9.78 Å². The minimum Gasteiger partial charge on any atom is -0.471 e. The maximum absolute atomic E-state index is 12.4. The van der Waals surface area contributed by atoms with E-state index in [1.54, 1.807) is 11.1 Å². The summed E-state index contributed by atoms with van der Waals surface area (Å²) >= 11 is 0. The average Bonchev–Trinajstić information content (AvgIpc) is 2.31. The SMILES string of the molecule is [B]c1cnc2c(c1C)N(C(=O)OC(C)(C)C)CC(C)O2. The van der Waals surface area contributed by atoms with Crippen molar-refractivity contribution in [3.05, 3.63) is 11.8 Å². The fraction of sp³-hybridized carbons (Fsp3) is 0.571. The van der Waals surface area contributed by atoms with E-state index in [4.69, 9.17) is 17.3 Å². The second-order valence-electron chi connectivity index (χ2n) is 6.01. The number of anilines is 1. The summed E-state index contributed by atoms with van der Waals surface area (Å²) in [7, 11) is 5.87. The molecule has 0 aromatic carbocycles. The molecule has 1 aromatic rings. The molecule has 2 rings (SSSR count). The fourth-order valence-electron chi connectivity index (χ4n) is 2.05. The molecule has 1 unspecified atom stereocenters. The Bertz CT molecular complexity index is 540. The van der Waals surface area contributed by atoms with Gasteiger partial charge in [0.1, 0.15) is 25.2 Å². The maximum atomic E-state index is 12.4. The van der Waals surface area contributed by atoms with Gasteiger partial charge in [0.05, 0.1) is 6.54 Å². The van der Waals surface area contributed by atoms with Crippen LogP contribution in [0.25, 0.3) is 0 Å². The van der Waals surface area contributed by atoms with E-state index in [2.05, 4.69) is 4.98 Å². The van der Waals surface area contributed by atoms with Crippen LogP contribution in [0.5, 0.6) is 5.88 Å². The summed E-state index contributed by atoms with van der Waals surface area (Å²) in [5.74, 6) is 0.418. The van der Waals surface area contributed by atoms with Crippen LogP contribution in [0.1, 0.15) is 33.3 Å². The number of amides is 1. The smallest absolute Gasteiger partial charge is 0.415 e. The molecular formula is C14H19BN2O3. The lowest BCUT2D eigenvalue weighted by molar-refractivity contribution is 0.0549. The van der Waals surface area contributed by atoms with Crippen molar-refractivity contribution in [2.75, 3.05) is 11.4 Å². The summed E-state index contributed by atoms with van der Waals surface area (Å²) in [5.41, 5.74) is 1.33. The molecule has 6 heteroatoms. The molecule has 1 aromatic heterocycles. The number of ether oxygens (including phenoxy) is 2. The highest BCUT2D eigenvalue weighted by atomic mass is 16.6. The number of nitrogens with zero attached hydrogens (tertiary/aromatic N) is 2. The molecular weight excluding hydrogens is 255 g/mol. The van der Waals surface area contributed by atoms with Crippen molar-refractivity contribution in [2.45, 2.75) is 46.3 Å². The number of hydrogen-bond acceptors (Lipinski definition) is 4. The molecule has 2 radical (unpaired) electrons. The summed E-state index contributed by atoms with van der Waals surface area (Å²) in [6.45, 7) is 9.63. The quantitative estimate of drug-likeness (QED) is 0.676. The number of aromatic nitrogens is 1. The number of fused-ring (bicyclic) bond motifs is 1. The van der Waals surface area contributed by atoms with Crippen LogP contribution in [0.15, 0.2) is 6.20 Å². The molecule has 0 N–H and O–H groups in total. The van der Waals surface area contributed by atoms with Crippen molar-refractivity contribution in [2.24, 2.45) is 0 Å². The zero-order valence-corrected chi connectivity index (χ0v) is 12.6. The molecule has 0 fully saturated rings. The fourth-order valence-corrected chi connectivity index (χ4v) is 2.05. The monoisotopic (exact) mass is 274 g/mol. The Hall–Kier alpha value is -1.72. The lowest BCUT2D eigenvalue weighted by Gasteiger charge is -2.35. The van der Waals surface area contributed by atoms with Gasteiger partial charge in [0, 0.05) is 6.20 Å². The van der Waals surface area contributed by atoms with Gasteiger partial charge in [-0.2, -0.15) is 0 Å². The number of hydrogen-bond donors (Lipinski definition) is 0. The van der Waals surface area contributed by atoms with Crippen molar-refractivity contribution in [3.8, 4) is 5.88 Å². The Morgan fingerprint density at radius 2 is 2.20 bits per heavy atom. The molecule has 1 aliphatic rings. The number of pyridine rings is 1. The molecule has 106 valence electrons. The van der Waals surface area contributed by atoms with E-state index in [1.807, 2.05) is 34.6 Å². The molecule has 2 heterocycles. The molecule has 0 saturated heterocycles. The summed E-state index contributed by atoms with van der Waals surface area (Å²) in [6, 6.07) is 0. The second-order valence-corrected chi connectivity index (χ2v) is 6.01. The molecule has 1 amide bonds. The summed E-state index contributed by atoms with van der Waals surface area (Å²) in [4.78, 5) is 18.1. The second kappa shape index (κ2) is 5.00. The van der Waals surface area contributed by atoms with Gasteiger partial charge < -0.3 is 9.47 Å². The first-order valence-corrected chi connectivity index (χ1v) is 6.61. The van der Waals surface area contributed by atoms with E-state index in [1.165, 1.54) is 0 Å². The first kappa shape index (κ1) is 14.7. The van der Waals surface area contributed by atoms with Gasteiger partial charge >= 0.3 is 6.09 Å². The minimum atomic E-state index is -0.555. The molecule has 20 heavy (non-hydrogen) atoms. The van der Waals surface area contributed by atoms with E-state index in [0.29, 0.717) is 23.6 Å². The first-order valence-electron chi connectivity index (χ1n) is 6.61. The van der Waals surface area contributed by atoms with Crippen molar-refractivity contribution < 1.29 is 14.3 Å². The third-order valence-corrected chi connectivity index (χ3v) is 2.95. The Balaban J connectivity index is 2.41. The van der Waals surface area contributed by atoms with Gasteiger partial charge in [-0.15, -0.1) is 0 Å². The predicted octanol–water partition coefficient (Wildman–Crippen LogP) is 1.71. The summed E-state index contributed by atoms with van der Waals surface area (Å²) in [6.07, 6.45) is 0.981. The van der Waals surface area contributed by atoms with Gasteiger partial charge in [-0.3, -0.25) is 4.90 Å². The number of rotatable bonds is 0. The lowest BCUT2D eigenvalue weighted by atomic mass is 9.92. The van der Waals surface area contributed by atoms with E-state index in [-0.39, 0.29) is 6.10 Å². The molecule has 0 saturated carbocycles. The van der Waals surface area contributed by atoms with Crippen LogP contribution in [0.4, 0.5) is 10.5 Å². The first-order chi connectivity index (χ1) is 9.19. The van der Waals surface area contributed by atoms with E-state index >= 15 is 0 Å². The van der Waals surface area contributed by atoms with Crippen LogP contribution in [0.2, 0.25) is 0 Å². The maximum Gasteiger partial charge on any atom is 0.415 e. The van der Waals surface area contributed by atoms with Crippen LogP contribution in [-0.2, 0) is 4.74 Å².